The van der Waals surface area contributed by atoms with Crippen LogP contribution < -0.4 is 5.32 Å². The van der Waals surface area contributed by atoms with E-state index < -0.39 is 15.4 Å². The zero-order chi connectivity index (χ0) is 20.2. The third-order valence-corrected chi connectivity index (χ3v) is 7.55. The van der Waals surface area contributed by atoms with Gasteiger partial charge >= 0.3 is 0 Å². The number of amides is 1. The predicted molar refractivity (Wildman–Crippen MR) is 112 cm³/mol. The number of hydrogen-bond acceptors (Lipinski definition) is 3. The summed E-state index contributed by atoms with van der Waals surface area (Å²) < 4.78 is 26.0. The molecule has 7 heteroatoms. The van der Waals surface area contributed by atoms with Crippen molar-refractivity contribution in [1.29, 1.82) is 0 Å². The number of carbonyl (C=O) groups excluding carboxylic acids is 1. The van der Waals surface area contributed by atoms with Gasteiger partial charge in [-0.3, -0.25) is 4.79 Å². The molecule has 1 N–H and O–H groups in total. The van der Waals surface area contributed by atoms with Crippen molar-refractivity contribution in [2.24, 2.45) is 0 Å². The highest BCUT2D eigenvalue weighted by Gasteiger charge is 2.44. The molecule has 150 valence electrons. The van der Waals surface area contributed by atoms with E-state index >= 15 is 0 Å². The standard InChI is InChI=1S/C21H25ClN2O3S/c1-2-28(26,27)24-13-11-21(12-14-24,18-8-4-3-5-9-18)20(25)23-16-17-7-6-10-19(22)15-17/h3-10,15H,2,11-14,16H2,1H3,(H,23,25). The summed E-state index contributed by atoms with van der Waals surface area (Å²) in [5.41, 5.74) is 1.11. The SMILES string of the molecule is CCS(=O)(=O)N1CCC(C(=O)NCc2cccc(Cl)c2)(c2ccccc2)CC1. The van der Waals surface area contributed by atoms with E-state index in [1.165, 1.54) is 4.31 Å². The van der Waals surface area contributed by atoms with E-state index in [1.54, 1.807) is 13.0 Å². The van der Waals surface area contributed by atoms with E-state index in [1.807, 2.05) is 48.5 Å². The lowest BCUT2D eigenvalue weighted by molar-refractivity contribution is -0.128. The topological polar surface area (TPSA) is 66.5 Å². The van der Waals surface area contributed by atoms with Crippen LogP contribution in [0, 0.1) is 0 Å². The molecule has 1 heterocycles. The fourth-order valence-corrected chi connectivity index (χ4v) is 5.05. The monoisotopic (exact) mass is 420 g/mol. The van der Waals surface area contributed by atoms with Crippen LogP contribution in [0.2, 0.25) is 5.02 Å². The summed E-state index contributed by atoms with van der Waals surface area (Å²) in [7, 11) is -3.25. The van der Waals surface area contributed by atoms with Crippen molar-refractivity contribution in [3.63, 3.8) is 0 Å². The van der Waals surface area contributed by atoms with Gasteiger partial charge in [-0.1, -0.05) is 54.1 Å². The first-order valence-corrected chi connectivity index (χ1v) is 11.4. The molecule has 0 spiro atoms. The number of carbonyl (C=O) groups is 1. The molecule has 0 aliphatic carbocycles. The summed E-state index contributed by atoms with van der Waals surface area (Å²) in [5, 5.41) is 3.66. The van der Waals surface area contributed by atoms with Crippen molar-refractivity contribution in [1.82, 2.24) is 9.62 Å². The second kappa shape index (κ2) is 8.64. The molecule has 2 aromatic carbocycles. The summed E-state index contributed by atoms with van der Waals surface area (Å²) in [6.45, 7) is 2.71. The Morgan fingerprint density at radius 3 is 2.39 bits per heavy atom. The quantitative estimate of drug-likeness (QED) is 0.779. The number of sulfonamides is 1. The van der Waals surface area contributed by atoms with Gasteiger partial charge in [0.25, 0.3) is 0 Å². The predicted octanol–water partition coefficient (Wildman–Crippen LogP) is 3.34. The number of nitrogens with zero attached hydrogens (tertiary/aromatic N) is 1. The highest BCUT2D eigenvalue weighted by molar-refractivity contribution is 7.89. The summed E-state index contributed by atoms with van der Waals surface area (Å²) in [6.07, 6.45) is 0.912. The van der Waals surface area contributed by atoms with Gasteiger partial charge in [0.1, 0.15) is 0 Å². The molecule has 0 radical (unpaired) electrons. The average molecular weight is 421 g/mol. The lowest BCUT2D eigenvalue weighted by Crippen LogP contribution is -2.52. The molecule has 1 amide bonds. The molecular weight excluding hydrogens is 396 g/mol. The van der Waals surface area contributed by atoms with Gasteiger partial charge < -0.3 is 5.32 Å². The van der Waals surface area contributed by atoms with Gasteiger partial charge in [0.2, 0.25) is 15.9 Å². The van der Waals surface area contributed by atoms with Gasteiger partial charge in [0, 0.05) is 24.7 Å². The van der Waals surface area contributed by atoms with Crippen LogP contribution in [0.1, 0.15) is 30.9 Å². The Morgan fingerprint density at radius 1 is 1.11 bits per heavy atom. The van der Waals surface area contributed by atoms with Crippen LogP contribution >= 0.6 is 11.6 Å². The first kappa shape index (κ1) is 20.8. The number of piperidine rings is 1. The van der Waals surface area contributed by atoms with Crippen molar-refractivity contribution < 1.29 is 13.2 Å². The highest BCUT2D eigenvalue weighted by atomic mass is 35.5. The van der Waals surface area contributed by atoms with Crippen molar-refractivity contribution in [3.8, 4) is 0 Å². The second-order valence-electron chi connectivity index (χ2n) is 7.06. The molecular formula is C21H25ClN2O3S. The first-order chi connectivity index (χ1) is 13.4. The number of halogens is 1. The van der Waals surface area contributed by atoms with E-state index in [-0.39, 0.29) is 11.7 Å². The summed E-state index contributed by atoms with van der Waals surface area (Å²) >= 11 is 6.03. The normalized spacial score (nSPS) is 17.2. The fraction of sp³-hybridized carbons (Fsp3) is 0.381. The highest BCUT2D eigenvalue weighted by Crippen LogP contribution is 2.36. The number of nitrogens with one attached hydrogen (secondary N) is 1. The molecule has 5 nitrogen and oxygen atoms in total. The first-order valence-electron chi connectivity index (χ1n) is 9.43. The number of hydrogen-bond donors (Lipinski definition) is 1. The van der Waals surface area contributed by atoms with Crippen LogP contribution in [-0.2, 0) is 26.8 Å². The van der Waals surface area contributed by atoms with Crippen LogP contribution in [0.15, 0.2) is 54.6 Å². The third kappa shape index (κ3) is 4.40. The minimum absolute atomic E-state index is 0.0757. The van der Waals surface area contributed by atoms with Crippen molar-refractivity contribution >= 4 is 27.5 Å². The molecule has 1 saturated heterocycles. The van der Waals surface area contributed by atoms with Gasteiger partial charge in [-0.05, 0) is 43.0 Å². The largest absolute Gasteiger partial charge is 0.351 e. The van der Waals surface area contributed by atoms with Crippen molar-refractivity contribution in [3.05, 3.63) is 70.7 Å². The van der Waals surface area contributed by atoms with Crippen LogP contribution in [0.5, 0.6) is 0 Å². The minimum Gasteiger partial charge on any atom is -0.351 e. The Labute approximate surface area is 171 Å². The molecule has 1 aliphatic rings. The molecule has 0 saturated carbocycles. The van der Waals surface area contributed by atoms with E-state index in [9.17, 15) is 13.2 Å². The second-order valence-corrected chi connectivity index (χ2v) is 9.75. The molecule has 0 aromatic heterocycles. The maximum atomic E-state index is 13.3. The van der Waals surface area contributed by atoms with Gasteiger partial charge in [-0.15, -0.1) is 0 Å². The van der Waals surface area contributed by atoms with E-state index in [0.717, 1.165) is 11.1 Å². The van der Waals surface area contributed by atoms with Gasteiger partial charge in [0.15, 0.2) is 0 Å². The smallest absolute Gasteiger partial charge is 0.231 e. The Balaban J connectivity index is 1.81. The van der Waals surface area contributed by atoms with Crippen LogP contribution in [0.3, 0.4) is 0 Å². The zero-order valence-electron chi connectivity index (χ0n) is 15.9. The molecule has 1 aliphatic heterocycles. The van der Waals surface area contributed by atoms with Crippen molar-refractivity contribution in [2.75, 3.05) is 18.8 Å². The van der Waals surface area contributed by atoms with Gasteiger partial charge in [-0.2, -0.15) is 0 Å². The summed E-state index contributed by atoms with van der Waals surface area (Å²) in [4.78, 5) is 13.3. The van der Waals surface area contributed by atoms with Crippen LogP contribution in [0.4, 0.5) is 0 Å². The molecule has 0 unspecified atom stereocenters. The Hall–Kier alpha value is -1.89. The molecule has 3 rings (SSSR count). The Bertz CT molecular complexity index is 924. The van der Waals surface area contributed by atoms with Crippen LogP contribution in [-0.4, -0.2) is 37.5 Å². The Morgan fingerprint density at radius 2 is 1.79 bits per heavy atom. The van der Waals surface area contributed by atoms with E-state index in [2.05, 4.69) is 5.32 Å². The Kier molecular flexibility index (Phi) is 6.43. The van der Waals surface area contributed by atoms with Gasteiger partial charge in [0.05, 0.1) is 11.2 Å². The number of benzene rings is 2. The third-order valence-electron chi connectivity index (χ3n) is 5.44. The van der Waals surface area contributed by atoms with Gasteiger partial charge in [-0.25, -0.2) is 12.7 Å². The molecule has 1 fully saturated rings. The fourth-order valence-electron chi connectivity index (χ4n) is 3.73. The molecule has 28 heavy (non-hydrogen) atoms. The summed E-state index contributed by atoms with van der Waals surface area (Å²) in [6, 6.07) is 17.0. The maximum absolute atomic E-state index is 13.3. The lowest BCUT2D eigenvalue weighted by atomic mass is 9.72. The average Bonchev–Trinajstić information content (AvgIpc) is 2.72. The minimum atomic E-state index is -3.25. The lowest BCUT2D eigenvalue weighted by Gasteiger charge is -2.40. The maximum Gasteiger partial charge on any atom is 0.231 e. The molecule has 0 atom stereocenters. The van der Waals surface area contributed by atoms with Crippen molar-refractivity contribution in [2.45, 2.75) is 31.7 Å². The van der Waals surface area contributed by atoms with E-state index in [0.29, 0.717) is 37.5 Å². The van der Waals surface area contributed by atoms with E-state index in [4.69, 9.17) is 11.6 Å². The number of rotatable bonds is 6. The zero-order valence-corrected chi connectivity index (χ0v) is 17.5. The molecule has 2 aromatic rings. The molecule has 0 bridgehead atoms. The van der Waals surface area contributed by atoms with Crippen LogP contribution in [0.25, 0.3) is 0 Å². The summed E-state index contributed by atoms with van der Waals surface area (Å²) in [5.74, 6) is -0.000952.